The molecule has 0 aliphatic carbocycles. The lowest BCUT2D eigenvalue weighted by atomic mass is 10.3. The standard InChI is InChI=1S/C14H16Cl2N2S2/c15-4-3-14-17-12-7-10(16)1-2-13(12)18(14)8-11-9-19-5-6-20-11/h1-2,7,11H,3-6,8-9H2. The van der Waals surface area contributed by atoms with Crippen molar-refractivity contribution in [3.63, 3.8) is 0 Å². The Hall–Kier alpha value is -0.0300. The van der Waals surface area contributed by atoms with Crippen molar-refractivity contribution in [3.05, 3.63) is 29.0 Å². The molecular formula is C14H16Cl2N2S2. The number of nitrogens with zero attached hydrogens (tertiary/aromatic N) is 2. The second-order valence-electron chi connectivity index (χ2n) is 4.78. The second-order valence-corrected chi connectivity index (χ2v) is 8.15. The van der Waals surface area contributed by atoms with Gasteiger partial charge in [-0.15, -0.1) is 11.6 Å². The third-order valence-electron chi connectivity index (χ3n) is 3.38. The first-order valence-corrected chi connectivity index (χ1v) is 9.79. The summed E-state index contributed by atoms with van der Waals surface area (Å²) in [5.74, 6) is 5.42. The molecule has 2 aromatic rings. The average Bonchev–Trinajstić information content (AvgIpc) is 2.77. The Bertz CT molecular complexity index is 594. The third kappa shape index (κ3) is 3.24. The lowest BCUT2D eigenvalue weighted by Crippen LogP contribution is -2.21. The van der Waals surface area contributed by atoms with Gasteiger partial charge in [0, 0.05) is 46.4 Å². The average molecular weight is 347 g/mol. The van der Waals surface area contributed by atoms with Crippen LogP contribution in [0.5, 0.6) is 0 Å². The van der Waals surface area contributed by atoms with Crippen molar-refractivity contribution in [1.29, 1.82) is 0 Å². The highest BCUT2D eigenvalue weighted by molar-refractivity contribution is 8.06. The lowest BCUT2D eigenvalue weighted by molar-refractivity contribution is 0.674. The number of rotatable bonds is 4. The van der Waals surface area contributed by atoms with E-state index in [0.29, 0.717) is 11.1 Å². The molecule has 20 heavy (non-hydrogen) atoms. The van der Waals surface area contributed by atoms with Crippen molar-refractivity contribution in [2.75, 3.05) is 23.1 Å². The lowest BCUT2D eigenvalue weighted by Gasteiger charge is -2.22. The summed E-state index contributed by atoms with van der Waals surface area (Å²) in [4.78, 5) is 4.71. The second kappa shape index (κ2) is 6.82. The Labute approximate surface area is 137 Å². The molecule has 2 nitrogen and oxygen atoms in total. The van der Waals surface area contributed by atoms with Crippen molar-refractivity contribution in [2.24, 2.45) is 0 Å². The summed E-state index contributed by atoms with van der Waals surface area (Å²) in [6.45, 7) is 1.02. The highest BCUT2D eigenvalue weighted by Gasteiger charge is 2.18. The zero-order valence-electron chi connectivity index (χ0n) is 11.0. The van der Waals surface area contributed by atoms with E-state index in [1.807, 2.05) is 12.1 Å². The fourth-order valence-corrected chi connectivity index (χ4v) is 5.47. The molecule has 1 fully saturated rings. The highest BCUT2D eigenvalue weighted by Crippen LogP contribution is 2.28. The molecule has 3 rings (SSSR count). The van der Waals surface area contributed by atoms with Crippen LogP contribution in [0.25, 0.3) is 11.0 Å². The van der Waals surface area contributed by atoms with Crippen molar-refractivity contribution in [3.8, 4) is 0 Å². The normalized spacial score (nSPS) is 19.6. The van der Waals surface area contributed by atoms with Crippen LogP contribution in [0.3, 0.4) is 0 Å². The van der Waals surface area contributed by atoms with E-state index in [-0.39, 0.29) is 0 Å². The van der Waals surface area contributed by atoms with Gasteiger partial charge < -0.3 is 4.57 Å². The van der Waals surface area contributed by atoms with Crippen LogP contribution in [0.2, 0.25) is 5.02 Å². The first kappa shape index (κ1) is 14.9. The first-order valence-electron chi connectivity index (χ1n) is 6.68. The van der Waals surface area contributed by atoms with E-state index in [1.54, 1.807) is 0 Å². The summed E-state index contributed by atoms with van der Waals surface area (Å²) in [5, 5.41) is 1.40. The van der Waals surface area contributed by atoms with E-state index in [9.17, 15) is 0 Å². The zero-order chi connectivity index (χ0) is 13.9. The van der Waals surface area contributed by atoms with Crippen molar-refractivity contribution >= 4 is 57.8 Å². The highest BCUT2D eigenvalue weighted by atomic mass is 35.5. The maximum absolute atomic E-state index is 6.07. The number of hydrogen-bond donors (Lipinski definition) is 0. The minimum Gasteiger partial charge on any atom is -0.327 e. The topological polar surface area (TPSA) is 17.8 Å². The maximum Gasteiger partial charge on any atom is 0.111 e. The smallest absolute Gasteiger partial charge is 0.111 e. The molecule has 2 heterocycles. The van der Waals surface area contributed by atoms with Crippen LogP contribution in [-0.4, -0.2) is 37.9 Å². The SMILES string of the molecule is ClCCc1nc2cc(Cl)ccc2n1CC1CSCCS1. The van der Waals surface area contributed by atoms with Crippen molar-refractivity contribution in [2.45, 2.75) is 18.2 Å². The summed E-state index contributed by atoms with van der Waals surface area (Å²) >= 11 is 16.1. The van der Waals surface area contributed by atoms with Gasteiger partial charge >= 0.3 is 0 Å². The van der Waals surface area contributed by atoms with E-state index in [4.69, 9.17) is 28.2 Å². The van der Waals surface area contributed by atoms with Gasteiger partial charge in [-0.25, -0.2) is 4.98 Å². The first-order chi connectivity index (χ1) is 9.78. The molecule has 1 saturated heterocycles. The molecule has 0 spiro atoms. The van der Waals surface area contributed by atoms with Gasteiger partial charge in [-0.3, -0.25) is 0 Å². The fraction of sp³-hybridized carbons (Fsp3) is 0.500. The molecule has 1 aliphatic rings. The number of alkyl halides is 1. The van der Waals surface area contributed by atoms with Gasteiger partial charge in [0.05, 0.1) is 11.0 Å². The van der Waals surface area contributed by atoms with Crippen LogP contribution in [0, 0.1) is 0 Å². The molecular weight excluding hydrogens is 331 g/mol. The van der Waals surface area contributed by atoms with Gasteiger partial charge in [-0.1, -0.05) is 11.6 Å². The minimum absolute atomic E-state index is 0.601. The zero-order valence-corrected chi connectivity index (χ0v) is 14.2. The summed E-state index contributed by atoms with van der Waals surface area (Å²) in [6.07, 6.45) is 0.804. The molecule has 1 aliphatic heterocycles. The summed E-state index contributed by atoms with van der Waals surface area (Å²) in [6, 6.07) is 5.95. The van der Waals surface area contributed by atoms with E-state index in [0.717, 1.165) is 29.3 Å². The van der Waals surface area contributed by atoms with Gasteiger partial charge in [-0.05, 0) is 18.2 Å². The number of benzene rings is 1. The molecule has 0 radical (unpaired) electrons. The van der Waals surface area contributed by atoms with E-state index >= 15 is 0 Å². The van der Waals surface area contributed by atoms with Gasteiger partial charge in [-0.2, -0.15) is 23.5 Å². The Balaban J connectivity index is 1.95. The molecule has 0 bridgehead atoms. The molecule has 0 amide bonds. The number of aromatic nitrogens is 2. The molecule has 1 unspecified atom stereocenters. The van der Waals surface area contributed by atoms with Gasteiger partial charge in [0.2, 0.25) is 0 Å². The van der Waals surface area contributed by atoms with Gasteiger partial charge in [0.15, 0.2) is 0 Å². The third-order valence-corrected chi connectivity index (χ3v) is 6.63. The summed E-state index contributed by atoms with van der Waals surface area (Å²) in [7, 11) is 0. The molecule has 1 aromatic carbocycles. The molecule has 1 aromatic heterocycles. The van der Waals surface area contributed by atoms with E-state index < -0.39 is 0 Å². The van der Waals surface area contributed by atoms with Crippen LogP contribution in [0.4, 0.5) is 0 Å². The molecule has 108 valence electrons. The van der Waals surface area contributed by atoms with Crippen molar-refractivity contribution in [1.82, 2.24) is 9.55 Å². The Morgan fingerprint density at radius 2 is 2.25 bits per heavy atom. The number of imidazole rings is 1. The predicted octanol–water partition coefficient (Wildman–Crippen LogP) is 4.32. The van der Waals surface area contributed by atoms with Crippen LogP contribution >= 0.6 is 46.7 Å². The number of fused-ring (bicyclic) bond motifs is 1. The largest absolute Gasteiger partial charge is 0.327 e. The predicted molar refractivity (Wildman–Crippen MR) is 92.7 cm³/mol. The molecule has 6 heteroatoms. The Kier molecular flexibility index (Phi) is 5.08. The summed E-state index contributed by atoms with van der Waals surface area (Å²) in [5.41, 5.74) is 2.15. The van der Waals surface area contributed by atoms with Crippen LogP contribution in [-0.2, 0) is 13.0 Å². The Morgan fingerprint density at radius 1 is 1.35 bits per heavy atom. The molecule has 0 saturated carbocycles. The van der Waals surface area contributed by atoms with Crippen LogP contribution in [0.15, 0.2) is 18.2 Å². The maximum atomic E-state index is 6.07. The monoisotopic (exact) mass is 346 g/mol. The van der Waals surface area contributed by atoms with E-state index in [2.05, 4.69) is 34.2 Å². The van der Waals surface area contributed by atoms with Crippen LogP contribution in [0.1, 0.15) is 5.82 Å². The number of hydrogen-bond acceptors (Lipinski definition) is 3. The number of halogens is 2. The minimum atomic E-state index is 0.601. The number of thioether (sulfide) groups is 2. The molecule has 1 atom stereocenters. The van der Waals surface area contributed by atoms with Gasteiger partial charge in [0.1, 0.15) is 5.82 Å². The van der Waals surface area contributed by atoms with Crippen LogP contribution < -0.4 is 0 Å². The van der Waals surface area contributed by atoms with Crippen molar-refractivity contribution < 1.29 is 0 Å². The summed E-state index contributed by atoms with van der Waals surface area (Å²) < 4.78 is 2.33. The fourth-order valence-electron chi connectivity index (χ4n) is 2.48. The van der Waals surface area contributed by atoms with Gasteiger partial charge in [0.25, 0.3) is 0 Å². The quantitative estimate of drug-likeness (QED) is 0.767. The Morgan fingerprint density at radius 3 is 3.00 bits per heavy atom. The number of aryl methyl sites for hydroxylation is 1. The molecule has 0 N–H and O–H groups in total. The van der Waals surface area contributed by atoms with E-state index in [1.165, 1.54) is 22.8 Å².